The molecule has 0 aliphatic carbocycles. The van der Waals surface area contributed by atoms with Crippen LogP contribution in [0.5, 0.6) is 0 Å². The molecule has 1 aromatic carbocycles. The highest BCUT2D eigenvalue weighted by molar-refractivity contribution is 9.09. The molecule has 3 nitrogen and oxygen atoms in total. The van der Waals surface area contributed by atoms with E-state index in [0.717, 1.165) is 0 Å². The van der Waals surface area contributed by atoms with Gasteiger partial charge in [0.15, 0.2) is 0 Å². The van der Waals surface area contributed by atoms with Gasteiger partial charge in [-0.25, -0.2) is 0 Å². The molecule has 0 atom stereocenters. The van der Waals surface area contributed by atoms with Crippen LogP contribution < -0.4 is 0 Å². The van der Waals surface area contributed by atoms with Crippen LogP contribution in [0.2, 0.25) is 0 Å². The molecule has 2 amide bonds. The summed E-state index contributed by atoms with van der Waals surface area (Å²) in [5.74, 6) is 5.00. The topological polar surface area (TPSA) is 37.4 Å². The number of nitrogens with zero attached hydrogens (tertiary/aromatic N) is 1. The quantitative estimate of drug-likeness (QED) is 0.445. The van der Waals surface area contributed by atoms with Crippen LogP contribution in [0.15, 0.2) is 24.3 Å². The number of hydrogen-bond acceptors (Lipinski definition) is 2. The van der Waals surface area contributed by atoms with Crippen molar-refractivity contribution >= 4 is 27.7 Å². The van der Waals surface area contributed by atoms with E-state index in [1.807, 2.05) is 0 Å². The van der Waals surface area contributed by atoms with Crippen LogP contribution in [0.3, 0.4) is 0 Å². The first-order valence-electron chi connectivity index (χ1n) is 4.72. The van der Waals surface area contributed by atoms with Crippen LogP contribution in [-0.4, -0.2) is 28.6 Å². The fourth-order valence-corrected chi connectivity index (χ4v) is 1.76. The van der Waals surface area contributed by atoms with Gasteiger partial charge in [0.1, 0.15) is 0 Å². The maximum absolute atomic E-state index is 11.8. The van der Waals surface area contributed by atoms with E-state index in [1.54, 1.807) is 24.3 Å². The standard InChI is InChI=1S/C12H8BrNO2/c13-7-3-4-8-14-11(15)9-5-1-2-6-10(9)12(14)16/h1-2,5-6H,7-8H2. The first-order valence-corrected chi connectivity index (χ1v) is 5.84. The van der Waals surface area contributed by atoms with Crippen molar-refractivity contribution in [2.45, 2.75) is 0 Å². The van der Waals surface area contributed by atoms with Crippen molar-refractivity contribution in [3.8, 4) is 11.8 Å². The van der Waals surface area contributed by atoms with Gasteiger partial charge in [-0.2, -0.15) is 0 Å². The Morgan fingerprint density at radius 1 is 1.06 bits per heavy atom. The summed E-state index contributed by atoms with van der Waals surface area (Å²) in [6.45, 7) is 0.151. The molecule has 2 rings (SSSR count). The lowest BCUT2D eigenvalue weighted by Crippen LogP contribution is -2.29. The molecule has 0 radical (unpaired) electrons. The first-order chi connectivity index (χ1) is 7.75. The smallest absolute Gasteiger partial charge is 0.262 e. The first kappa shape index (κ1) is 10.9. The molecule has 4 heteroatoms. The van der Waals surface area contributed by atoms with Crippen LogP contribution in [-0.2, 0) is 0 Å². The summed E-state index contributed by atoms with van der Waals surface area (Å²) in [5, 5.41) is 0.538. The van der Waals surface area contributed by atoms with Crippen LogP contribution in [0, 0.1) is 11.8 Å². The SMILES string of the molecule is O=C1c2ccccc2C(=O)N1CC#CCBr. The van der Waals surface area contributed by atoms with E-state index in [9.17, 15) is 9.59 Å². The number of carbonyl (C=O) groups excluding carboxylic acids is 2. The van der Waals surface area contributed by atoms with E-state index < -0.39 is 0 Å². The Kier molecular flexibility index (Phi) is 3.07. The Balaban J connectivity index is 2.28. The molecule has 0 saturated carbocycles. The number of benzene rings is 1. The maximum atomic E-state index is 11.8. The van der Waals surface area contributed by atoms with Gasteiger partial charge in [-0.15, -0.1) is 0 Å². The minimum absolute atomic E-state index is 0.151. The lowest BCUT2D eigenvalue weighted by Gasteiger charge is -2.08. The largest absolute Gasteiger partial charge is 0.269 e. The lowest BCUT2D eigenvalue weighted by atomic mass is 10.1. The monoisotopic (exact) mass is 277 g/mol. The van der Waals surface area contributed by atoms with Gasteiger partial charge in [0.25, 0.3) is 11.8 Å². The third-order valence-electron chi connectivity index (χ3n) is 2.31. The average Bonchev–Trinajstić information content (AvgIpc) is 2.55. The molecule has 1 aliphatic rings. The number of imide groups is 1. The summed E-state index contributed by atoms with van der Waals surface area (Å²) in [4.78, 5) is 24.8. The summed E-state index contributed by atoms with van der Waals surface area (Å²) in [6, 6.07) is 6.82. The number of rotatable bonds is 1. The van der Waals surface area contributed by atoms with E-state index in [0.29, 0.717) is 16.5 Å². The van der Waals surface area contributed by atoms with Gasteiger partial charge >= 0.3 is 0 Å². The average molecular weight is 278 g/mol. The third-order valence-corrected chi connectivity index (χ3v) is 2.59. The molecular formula is C12H8BrNO2. The van der Waals surface area contributed by atoms with Crippen LogP contribution in [0.25, 0.3) is 0 Å². The molecule has 0 bridgehead atoms. The lowest BCUT2D eigenvalue weighted by molar-refractivity contribution is 0.0675. The van der Waals surface area contributed by atoms with Gasteiger partial charge in [-0.3, -0.25) is 14.5 Å². The summed E-state index contributed by atoms with van der Waals surface area (Å²) >= 11 is 3.16. The summed E-state index contributed by atoms with van der Waals surface area (Å²) in [7, 11) is 0. The maximum Gasteiger partial charge on any atom is 0.262 e. The van der Waals surface area contributed by atoms with E-state index in [4.69, 9.17) is 0 Å². The zero-order valence-electron chi connectivity index (χ0n) is 8.37. The number of amides is 2. The number of hydrogen-bond donors (Lipinski definition) is 0. The summed E-state index contributed by atoms with van der Waals surface area (Å²) in [5.41, 5.74) is 0.932. The highest BCUT2D eigenvalue weighted by Crippen LogP contribution is 2.21. The normalized spacial score (nSPS) is 13.4. The molecule has 0 N–H and O–H groups in total. The molecule has 0 aromatic heterocycles. The molecule has 0 unspecified atom stereocenters. The van der Waals surface area contributed by atoms with Gasteiger partial charge in [-0.1, -0.05) is 39.9 Å². The van der Waals surface area contributed by atoms with Gasteiger partial charge in [0.2, 0.25) is 0 Å². The molecule has 0 spiro atoms. The zero-order chi connectivity index (χ0) is 11.5. The van der Waals surface area contributed by atoms with Gasteiger partial charge < -0.3 is 0 Å². The van der Waals surface area contributed by atoms with Crippen molar-refractivity contribution in [3.05, 3.63) is 35.4 Å². The Labute approximate surface area is 102 Å². The van der Waals surface area contributed by atoms with Gasteiger partial charge in [0.05, 0.1) is 23.0 Å². The molecule has 0 fully saturated rings. The van der Waals surface area contributed by atoms with Crippen molar-refractivity contribution in [1.29, 1.82) is 0 Å². The second-order valence-electron chi connectivity index (χ2n) is 3.23. The van der Waals surface area contributed by atoms with Gasteiger partial charge in [0, 0.05) is 0 Å². The van der Waals surface area contributed by atoms with Crippen molar-refractivity contribution in [1.82, 2.24) is 4.90 Å². The zero-order valence-corrected chi connectivity index (χ0v) is 9.95. The Bertz CT molecular complexity index is 478. The highest BCUT2D eigenvalue weighted by atomic mass is 79.9. The van der Waals surface area contributed by atoms with Crippen LogP contribution in [0.1, 0.15) is 20.7 Å². The molecule has 1 heterocycles. The Morgan fingerprint density at radius 3 is 2.12 bits per heavy atom. The van der Waals surface area contributed by atoms with Crippen LogP contribution in [0.4, 0.5) is 0 Å². The number of alkyl halides is 1. The summed E-state index contributed by atoms with van der Waals surface area (Å²) < 4.78 is 0. The Morgan fingerprint density at radius 2 is 1.62 bits per heavy atom. The van der Waals surface area contributed by atoms with E-state index in [2.05, 4.69) is 27.8 Å². The fourth-order valence-electron chi connectivity index (χ4n) is 1.56. The fraction of sp³-hybridized carbons (Fsp3) is 0.167. The minimum Gasteiger partial charge on any atom is -0.269 e. The summed E-state index contributed by atoms with van der Waals surface area (Å²) in [6.07, 6.45) is 0. The highest BCUT2D eigenvalue weighted by Gasteiger charge is 2.34. The number of fused-ring (bicyclic) bond motifs is 1. The van der Waals surface area contributed by atoms with Crippen LogP contribution >= 0.6 is 15.9 Å². The minimum atomic E-state index is -0.260. The molecule has 16 heavy (non-hydrogen) atoms. The number of halogens is 1. The van der Waals surface area contributed by atoms with Crippen molar-refractivity contribution in [2.24, 2.45) is 0 Å². The van der Waals surface area contributed by atoms with Crippen molar-refractivity contribution in [3.63, 3.8) is 0 Å². The molecule has 80 valence electrons. The molecule has 1 aromatic rings. The van der Waals surface area contributed by atoms with Crippen molar-refractivity contribution < 1.29 is 9.59 Å². The molecular weight excluding hydrogens is 270 g/mol. The second kappa shape index (κ2) is 4.50. The molecule has 0 saturated heterocycles. The second-order valence-corrected chi connectivity index (χ2v) is 3.79. The molecule has 1 aliphatic heterocycles. The van der Waals surface area contributed by atoms with E-state index in [1.165, 1.54) is 4.90 Å². The predicted molar refractivity (Wildman–Crippen MR) is 63.4 cm³/mol. The third kappa shape index (κ3) is 1.74. The van der Waals surface area contributed by atoms with Crippen molar-refractivity contribution in [2.75, 3.05) is 11.9 Å². The number of carbonyl (C=O) groups is 2. The van der Waals surface area contributed by atoms with E-state index in [-0.39, 0.29) is 18.4 Å². The predicted octanol–water partition coefficient (Wildman–Crippen LogP) is 1.68. The van der Waals surface area contributed by atoms with Gasteiger partial charge in [-0.05, 0) is 12.1 Å². The Hall–Kier alpha value is -1.60. The van der Waals surface area contributed by atoms with E-state index >= 15 is 0 Å².